The molecule has 0 fully saturated rings. The molecule has 0 heterocycles. The van der Waals surface area contributed by atoms with Gasteiger partial charge in [-0.2, -0.15) is 0 Å². The lowest BCUT2D eigenvalue weighted by atomic mass is 10.3. The first-order valence-corrected chi connectivity index (χ1v) is 9.29. The van der Waals surface area contributed by atoms with Crippen LogP contribution in [0.1, 0.15) is 6.92 Å². The first kappa shape index (κ1) is 20.2. The van der Waals surface area contributed by atoms with Crippen molar-refractivity contribution in [1.82, 2.24) is 4.90 Å². The van der Waals surface area contributed by atoms with Crippen molar-refractivity contribution in [3.8, 4) is 5.75 Å². The summed E-state index contributed by atoms with van der Waals surface area (Å²) in [6.45, 7) is 2.78. The van der Waals surface area contributed by atoms with Crippen LogP contribution in [0.5, 0.6) is 5.75 Å². The van der Waals surface area contributed by atoms with Gasteiger partial charge in [0.15, 0.2) is 0 Å². The third kappa shape index (κ3) is 6.64. The van der Waals surface area contributed by atoms with Crippen LogP contribution < -0.4 is 15.4 Å². The molecular weight excluding hydrogens is 445 g/mol. The maximum Gasteiger partial charge on any atom is 0.238 e. The summed E-state index contributed by atoms with van der Waals surface area (Å²) in [5.41, 5.74) is 1.40. The normalized spacial score (nSPS) is 10.5. The van der Waals surface area contributed by atoms with Crippen LogP contribution in [0.2, 0.25) is 0 Å². The summed E-state index contributed by atoms with van der Waals surface area (Å²) in [6.07, 6.45) is 0. The van der Waals surface area contributed by atoms with E-state index in [1.54, 1.807) is 30.2 Å². The van der Waals surface area contributed by atoms with Gasteiger partial charge in [-0.05, 0) is 65.5 Å². The third-order valence-corrected chi connectivity index (χ3v) is 4.38. The van der Waals surface area contributed by atoms with E-state index < -0.39 is 0 Å². The predicted molar refractivity (Wildman–Crippen MR) is 112 cm³/mol. The SMILES string of the molecule is CCN(CC(=O)Nc1ccc(I)cc1)CC(=O)Nc1cccc(OC)c1. The molecule has 0 aliphatic carbocycles. The molecule has 0 bridgehead atoms. The fourth-order valence-electron chi connectivity index (χ4n) is 2.32. The maximum absolute atomic E-state index is 12.2. The molecule has 2 N–H and O–H groups in total. The molecule has 0 aromatic heterocycles. The van der Waals surface area contributed by atoms with Crippen molar-refractivity contribution in [2.45, 2.75) is 6.92 Å². The molecule has 7 heteroatoms. The van der Waals surface area contributed by atoms with Crippen LogP contribution in [0, 0.1) is 3.57 Å². The van der Waals surface area contributed by atoms with Crippen molar-refractivity contribution >= 4 is 45.8 Å². The van der Waals surface area contributed by atoms with Gasteiger partial charge in [0.1, 0.15) is 5.75 Å². The Bertz CT molecular complexity index is 750. The smallest absolute Gasteiger partial charge is 0.238 e. The molecule has 0 radical (unpaired) electrons. The lowest BCUT2D eigenvalue weighted by molar-refractivity contribution is -0.119. The molecule has 2 rings (SSSR count). The number of nitrogens with zero attached hydrogens (tertiary/aromatic N) is 1. The number of benzene rings is 2. The van der Waals surface area contributed by atoms with Crippen LogP contribution in [0.15, 0.2) is 48.5 Å². The third-order valence-electron chi connectivity index (χ3n) is 3.66. The molecule has 2 amide bonds. The molecule has 0 aliphatic heterocycles. The van der Waals surface area contributed by atoms with Crippen molar-refractivity contribution in [2.24, 2.45) is 0 Å². The summed E-state index contributed by atoms with van der Waals surface area (Å²) in [7, 11) is 1.58. The highest BCUT2D eigenvalue weighted by Gasteiger charge is 2.13. The Labute approximate surface area is 167 Å². The van der Waals surface area contributed by atoms with Gasteiger partial charge in [0.2, 0.25) is 11.8 Å². The van der Waals surface area contributed by atoms with Gasteiger partial charge in [-0.1, -0.05) is 13.0 Å². The van der Waals surface area contributed by atoms with Gasteiger partial charge in [0.05, 0.1) is 20.2 Å². The van der Waals surface area contributed by atoms with Gasteiger partial charge in [-0.15, -0.1) is 0 Å². The van der Waals surface area contributed by atoms with E-state index in [1.807, 2.05) is 37.3 Å². The number of carbonyl (C=O) groups excluding carboxylic acids is 2. The fourth-order valence-corrected chi connectivity index (χ4v) is 2.68. The molecule has 6 nitrogen and oxygen atoms in total. The second kappa shape index (κ2) is 10.1. The summed E-state index contributed by atoms with van der Waals surface area (Å²) in [5, 5.41) is 5.66. The van der Waals surface area contributed by atoms with Crippen LogP contribution in [-0.4, -0.2) is 43.5 Å². The molecule has 0 aliphatic rings. The number of anilines is 2. The Hall–Kier alpha value is -2.13. The van der Waals surface area contributed by atoms with E-state index in [0.717, 1.165) is 9.26 Å². The molecule has 2 aromatic rings. The molecule has 0 unspecified atom stereocenters. The van der Waals surface area contributed by atoms with Crippen molar-refractivity contribution in [3.05, 3.63) is 52.1 Å². The van der Waals surface area contributed by atoms with Gasteiger partial charge < -0.3 is 15.4 Å². The number of hydrogen-bond acceptors (Lipinski definition) is 4. The van der Waals surface area contributed by atoms with Crippen LogP contribution in [0.4, 0.5) is 11.4 Å². The zero-order valence-corrected chi connectivity index (χ0v) is 16.9. The first-order chi connectivity index (χ1) is 12.5. The number of amides is 2. The number of hydrogen-bond donors (Lipinski definition) is 2. The monoisotopic (exact) mass is 467 g/mol. The van der Waals surface area contributed by atoms with Gasteiger partial charge in [0, 0.05) is 21.0 Å². The van der Waals surface area contributed by atoms with E-state index in [4.69, 9.17) is 4.74 Å². The summed E-state index contributed by atoms with van der Waals surface area (Å²) in [4.78, 5) is 26.2. The van der Waals surface area contributed by atoms with E-state index >= 15 is 0 Å². The minimum absolute atomic E-state index is 0.133. The minimum Gasteiger partial charge on any atom is -0.497 e. The summed E-state index contributed by atoms with van der Waals surface area (Å²) in [6, 6.07) is 14.7. The van der Waals surface area contributed by atoms with Gasteiger partial charge >= 0.3 is 0 Å². The zero-order chi connectivity index (χ0) is 18.9. The Morgan fingerprint density at radius 1 is 1.00 bits per heavy atom. The second-order valence-corrected chi connectivity index (χ2v) is 6.88. The van der Waals surface area contributed by atoms with Gasteiger partial charge in [0.25, 0.3) is 0 Å². The number of ether oxygens (including phenoxy) is 1. The van der Waals surface area contributed by atoms with E-state index in [2.05, 4.69) is 33.2 Å². The topological polar surface area (TPSA) is 70.7 Å². The number of likely N-dealkylation sites (N-methyl/N-ethyl adjacent to an activating group) is 1. The molecule has 0 spiro atoms. The highest BCUT2D eigenvalue weighted by molar-refractivity contribution is 14.1. The van der Waals surface area contributed by atoms with Crippen LogP contribution in [0.3, 0.4) is 0 Å². The molecule has 0 saturated carbocycles. The van der Waals surface area contributed by atoms with Crippen LogP contribution >= 0.6 is 22.6 Å². The van der Waals surface area contributed by atoms with E-state index in [9.17, 15) is 9.59 Å². The zero-order valence-electron chi connectivity index (χ0n) is 14.8. The Balaban J connectivity index is 1.86. The highest BCUT2D eigenvalue weighted by atomic mass is 127. The average Bonchev–Trinajstić information content (AvgIpc) is 2.63. The van der Waals surface area contributed by atoms with Crippen LogP contribution in [0.25, 0.3) is 0 Å². The second-order valence-electron chi connectivity index (χ2n) is 5.64. The van der Waals surface area contributed by atoms with Crippen molar-refractivity contribution < 1.29 is 14.3 Å². The van der Waals surface area contributed by atoms with Crippen molar-refractivity contribution in [3.63, 3.8) is 0 Å². The van der Waals surface area contributed by atoms with Gasteiger partial charge in [-0.25, -0.2) is 0 Å². The quantitative estimate of drug-likeness (QED) is 0.586. The maximum atomic E-state index is 12.2. The van der Waals surface area contributed by atoms with E-state index in [1.165, 1.54) is 0 Å². The minimum atomic E-state index is -0.179. The Kier molecular flexibility index (Phi) is 7.86. The molecule has 26 heavy (non-hydrogen) atoms. The summed E-state index contributed by atoms with van der Waals surface area (Å²) < 4.78 is 6.24. The molecular formula is C19H22IN3O3. The molecule has 138 valence electrons. The molecule has 2 aromatic carbocycles. The molecule has 0 saturated heterocycles. The van der Waals surface area contributed by atoms with E-state index in [-0.39, 0.29) is 24.9 Å². The number of methoxy groups -OCH3 is 1. The number of halogens is 1. The van der Waals surface area contributed by atoms with Crippen LogP contribution in [-0.2, 0) is 9.59 Å². The van der Waals surface area contributed by atoms with Crippen molar-refractivity contribution in [2.75, 3.05) is 37.4 Å². The predicted octanol–water partition coefficient (Wildman–Crippen LogP) is 3.20. The fraction of sp³-hybridized carbons (Fsp3) is 0.263. The lowest BCUT2D eigenvalue weighted by Crippen LogP contribution is -2.38. The van der Waals surface area contributed by atoms with Gasteiger partial charge in [-0.3, -0.25) is 14.5 Å². The largest absolute Gasteiger partial charge is 0.497 e. The highest BCUT2D eigenvalue weighted by Crippen LogP contribution is 2.16. The number of carbonyl (C=O) groups is 2. The standard InChI is InChI=1S/C19H22IN3O3/c1-3-23(12-18(24)21-15-9-7-14(20)8-10-15)13-19(25)22-16-5-4-6-17(11-16)26-2/h4-11H,3,12-13H2,1-2H3,(H,21,24)(H,22,25). The van der Waals surface area contributed by atoms with Crippen molar-refractivity contribution in [1.29, 1.82) is 0 Å². The molecule has 0 atom stereocenters. The van der Waals surface area contributed by atoms with E-state index in [0.29, 0.717) is 18.0 Å². The Morgan fingerprint density at radius 2 is 1.62 bits per heavy atom. The Morgan fingerprint density at radius 3 is 2.19 bits per heavy atom. The summed E-state index contributed by atoms with van der Waals surface area (Å²) in [5.74, 6) is 0.344. The number of rotatable bonds is 8. The first-order valence-electron chi connectivity index (χ1n) is 8.22. The summed E-state index contributed by atoms with van der Waals surface area (Å²) >= 11 is 2.21. The average molecular weight is 467 g/mol. The lowest BCUT2D eigenvalue weighted by Gasteiger charge is -2.19. The number of nitrogens with one attached hydrogen (secondary N) is 2.